The van der Waals surface area contributed by atoms with Crippen LogP contribution in [0.5, 0.6) is 0 Å². The molecule has 0 fully saturated rings. The van der Waals surface area contributed by atoms with E-state index in [0.717, 1.165) is 11.8 Å². The molecule has 0 aromatic heterocycles. The molecule has 0 bridgehead atoms. The van der Waals surface area contributed by atoms with Crippen molar-refractivity contribution in [3.63, 3.8) is 0 Å². The van der Waals surface area contributed by atoms with Crippen LogP contribution in [0.4, 0.5) is 0 Å². The summed E-state index contributed by atoms with van der Waals surface area (Å²) in [4.78, 5) is 0. The van der Waals surface area contributed by atoms with Crippen LogP contribution >= 0.6 is 0 Å². The van der Waals surface area contributed by atoms with Gasteiger partial charge in [0.15, 0.2) is 0 Å². The van der Waals surface area contributed by atoms with Gasteiger partial charge < -0.3 is 12.8 Å². The van der Waals surface area contributed by atoms with E-state index in [1.165, 1.54) is 57.8 Å². The Bertz CT molecular complexity index is 148. The number of hydrogen-bond acceptors (Lipinski definition) is 0. The molecule has 2 atom stereocenters. The van der Waals surface area contributed by atoms with E-state index in [4.69, 9.17) is 0 Å². The molecule has 0 aliphatic carbocycles. The number of rotatable bonds is 12. The second kappa shape index (κ2) is 20.2. The van der Waals surface area contributed by atoms with Crippen LogP contribution in [0.3, 0.4) is 0 Å². The molecule has 0 saturated heterocycles. The van der Waals surface area contributed by atoms with E-state index in [2.05, 4.69) is 40.5 Å². The third kappa shape index (κ3) is 20.2. The fourth-order valence-electron chi connectivity index (χ4n) is 2.27. The van der Waals surface area contributed by atoms with Gasteiger partial charge in [0.1, 0.15) is 0 Å². The largest absolute Gasteiger partial charge is 0.328 e. The minimum atomic E-state index is 0. The Hall–Kier alpha value is 2.21. The summed E-state index contributed by atoms with van der Waals surface area (Å²) >= 11 is 0. The average molecular weight is 416 g/mol. The van der Waals surface area contributed by atoms with E-state index < -0.39 is 0 Å². The third-order valence-electron chi connectivity index (χ3n) is 3.53. The van der Waals surface area contributed by atoms with Crippen molar-refractivity contribution >= 4 is 0 Å². The SMILES string of the molecule is CCCCCCC[CH-]C(C)C[CH-]C(C)CCC.[Y].[Y]. The van der Waals surface area contributed by atoms with Crippen LogP contribution in [0.25, 0.3) is 0 Å². The van der Waals surface area contributed by atoms with Crippen molar-refractivity contribution in [1.29, 1.82) is 0 Å². The van der Waals surface area contributed by atoms with Gasteiger partial charge in [0.05, 0.1) is 0 Å². The molecule has 0 nitrogen and oxygen atoms in total. The minimum Gasteiger partial charge on any atom is -0.328 e. The van der Waals surface area contributed by atoms with Gasteiger partial charge in [0.25, 0.3) is 0 Å². The van der Waals surface area contributed by atoms with Gasteiger partial charge in [-0.1, -0.05) is 72.6 Å². The summed E-state index contributed by atoms with van der Waals surface area (Å²) in [5, 5.41) is 0. The summed E-state index contributed by atoms with van der Waals surface area (Å²) < 4.78 is 0. The summed E-state index contributed by atoms with van der Waals surface area (Å²) in [6.45, 7) is 9.26. The van der Waals surface area contributed by atoms with Crippen molar-refractivity contribution in [3.05, 3.63) is 12.8 Å². The first kappa shape index (κ1) is 26.1. The molecule has 2 radical (unpaired) electrons. The molecule has 0 saturated carbocycles. The zero-order valence-corrected chi connectivity index (χ0v) is 19.5. The Kier molecular flexibility index (Phi) is 27.8. The van der Waals surface area contributed by atoms with Crippen LogP contribution in [0.2, 0.25) is 0 Å². The fourth-order valence-corrected chi connectivity index (χ4v) is 2.27. The van der Waals surface area contributed by atoms with Crippen LogP contribution in [0.15, 0.2) is 0 Å². The molecule has 0 amide bonds. The van der Waals surface area contributed by atoms with Crippen molar-refractivity contribution in [2.24, 2.45) is 11.8 Å². The molecule has 0 aliphatic heterocycles. The Balaban J connectivity index is -0.00000128. The Morgan fingerprint density at radius 3 is 1.95 bits per heavy atom. The fraction of sp³-hybridized carbons (Fsp3) is 0.882. The van der Waals surface area contributed by atoms with Crippen molar-refractivity contribution in [3.8, 4) is 0 Å². The Morgan fingerprint density at radius 1 is 0.737 bits per heavy atom. The third-order valence-corrected chi connectivity index (χ3v) is 3.53. The summed E-state index contributed by atoms with van der Waals surface area (Å²) in [6.07, 6.45) is 17.3. The Morgan fingerprint density at radius 2 is 1.37 bits per heavy atom. The molecular formula is C17H34Y2-2. The maximum Gasteiger partial charge on any atom is 0 e. The molecule has 0 spiro atoms. The van der Waals surface area contributed by atoms with E-state index in [9.17, 15) is 0 Å². The minimum absolute atomic E-state index is 0. The summed E-state index contributed by atoms with van der Waals surface area (Å²) in [5.41, 5.74) is 0. The van der Waals surface area contributed by atoms with Crippen LogP contribution in [-0.2, 0) is 65.4 Å². The maximum atomic E-state index is 2.53. The zero-order valence-electron chi connectivity index (χ0n) is 13.8. The molecule has 0 aromatic rings. The van der Waals surface area contributed by atoms with Gasteiger partial charge in [0.2, 0.25) is 0 Å². The van der Waals surface area contributed by atoms with Gasteiger partial charge in [-0.2, -0.15) is 18.3 Å². The van der Waals surface area contributed by atoms with Crippen LogP contribution in [0.1, 0.15) is 85.5 Å². The molecule has 0 N–H and O–H groups in total. The summed E-state index contributed by atoms with van der Waals surface area (Å²) in [6, 6.07) is 0. The van der Waals surface area contributed by atoms with E-state index >= 15 is 0 Å². The van der Waals surface area contributed by atoms with Gasteiger partial charge in [-0.15, -0.1) is 0 Å². The van der Waals surface area contributed by atoms with Crippen molar-refractivity contribution in [1.82, 2.24) is 0 Å². The van der Waals surface area contributed by atoms with E-state index in [0.29, 0.717) is 0 Å². The maximum absolute atomic E-state index is 2.53. The molecule has 0 heterocycles. The molecule has 0 aliphatic rings. The molecule has 0 aromatic carbocycles. The second-order valence-corrected chi connectivity index (χ2v) is 5.65. The summed E-state index contributed by atoms with van der Waals surface area (Å²) in [5.74, 6) is 1.58. The predicted octanol–water partition coefficient (Wildman–Crippen LogP) is 6.21. The van der Waals surface area contributed by atoms with E-state index in [1.54, 1.807) is 0 Å². The summed E-state index contributed by atoms with van der Waals surface area (Å²) in [7, 11) is 0. The average Bonchev–Trinajstić information content (AvgIpc) is 2.31. The first-order chi connectivity index (χ1) is 8.20. The molecule has 19 heavy (non-hydrogen) atoms. The normalized spacial score (nSPS) is 13.3. The standard InChI is InChI=1S/C17H34.2Y/c1-5-7-8-9-10-11-13-17(4)15-14-16(3)12-6-2;;/h13-14,16-17H,5-12,15H2,1-4H3;;/q-2;;. The molecule has 2 heteroatoms. The number of unbranched alkanes of at least 4 members (excludes halogenated alkanes) is 5. The van der Waals surface area contributed by atoms with Gasteiger partial charge in [0, 0.05) is 65.4 Å². The van der Waals surface area contributed by atoms with Gasteiger partial charge in [-0.25, -0.2) is 6.42 Å². The van der Waals surface area contributed by atoms with Crippen LogP contribution in [-0.4, -0.2) is 0 Å². The van der Waals surface area contributed by atoms with Gasteiger partial charge in [-0.3, -0.25) is 0 Å². The van der Waals surface area contributed by atoms with Crippen molar-refractivity contribution in [2.75, 3.05) is 0 Å². The quantitative estimate of drug-likeness (QED) is 0.262. The molecule has 0 rings (SSSR count). The topological polar surface area (TPSA) is 0 Å². The first-order valence-electron chi connectivity index (χ1n) is 7.87. The van der Waals surface area contributed by atoms with Gasteiger partial charge in [-0.05, 0) is 0 Å². The van der Waals surface area contributed by atoms with Crippen LogP contribution in [0, 0.1) is 24.7 Å². The smallest absolute Gasteiger partial charge is 0 e. The van der Waals surface area contributed by atoms with Crippen molar-refractivity contribution in [2.45, 2.75) is 85.5 Å². The molecular weight excluding hydrogens is 382 g/mol. The van der Waals surface area contributed by atoms with Crippen LogP contribution < -0.4 is 0 Å². The van der Waals surface area contributed by atoms with Gasteiger partial charge >= 0.3 is 0 Å². The first-order valence-corrected chi connectivity index (χ1v) is 7.87. The van der Waals surface area contributed by atoms with E-state index in [-0.39, 0.29) is 65.4 Å². The van der Waals surface area contributed by atoms with E-state index in [1.807, 2.05) is 0 Å². The second-order valence-electron chi connectivity index (χ2n) is 5.65. The van der Waals surface area contributed by atoms with Crippen molar-refractivity contribution < 1.29 is 65.4 Å². The number of hydrogen-bond donors (Lipinski definition) is 0. The Labute approximate surface area is 173 Å². The monoisotopic (exact) mass is 416 g/mol. The molecule has 2 unspecified atom stereocenters. The predicted molar refractivity (Wildman–Crippen MR) is 79.8 cm³/mol. The zero-order chi connectivity index (χ0) is 12.9. The molecule has 110 valence electrons.